The van der Waals surface area contributed by atoms with Gasteiger partial charge in [-0.15, -0.1) is 0 Å². The molecular formula is C17H21N3O2S. The molecule has 2 aromatic carbocycles. The topological polar surface area (TPSA) is 66.6 Å². The normalized spacial score (nSPS) is 17.2. The van der Waals surface area contributed by atoms with Crippen molar-refractivity contribution in [3.8, 4) is 0 Å². The van der Waals surface area contributed by atoms with Crippen LogP contribution in [0.2, 0.25) is 0 Å². The average molecular weight is 331 g/mol. The first-order valence-corrected chi connectivity index (χ1v) is 9.05. The van der Waals surface area contributed by atoms with E-state index in [2.05, 4.69) is 0 Å². The molecule has 2 N–H and O–H groups in total. The van der Waals surface area contributed by atoms with Gasteiger partial charge in [-0.1, -0.05) is 24.3 Å². The second-order valence-corrected chi connectivity index (χ2v) is 7.64. The third kappa shape index (κ3) is 2.80. The Kier molecular flexibility index (Phi) is 4.04. The second-order valence-electron chi connectivity index (χ2n) is 5.94. The number of para-hydroxylation sites is 1. The van der Waals surface area contributed by atoms with Crippen LogP contribution in [0, 0.1) is 6.92 Å². The predicted octanol–water partition coefficient (Wildman–Crippen LogP) is 2.94. The first-order chi connectivity index (χ1) is 10.9. The first kappa shape index (κ1) is 15.8. The van der Waals surface area contributed by atoms with Gasteiger partial charge in [0.05, 0.1) is 17.1 Å². The molecule has 1 heterocycles. The lowest BCUT2D eigenvalue weighted by Gasteiger charge is -2.22. The van der Waals surface area contributed by atoms with Gasteiger partial charge < -0.3 is 5.73 Å². The molecule has 1 aliphatic heterocycles. The van der Waals surface area contributed by atoms with Crippen molar-refractivity contribution in [3.05, 3.63) is 54.1 Å². The van der Waals surface area contributed by atoms with E-state index >= 15 is 0 Å². The number of benzene rings is 2. The summed E-state index contributed by atoms with van der Waals surface area (Å²) in [6.45, 7) is 4.22. The molecule has 1 atom stereocenters. The molecule has 5 nitrogen and oxygen atoms in total. The zero-order valence-electron chi connectivity index (χ0n) is 13.3. The Hall–Kier alpha value is -2.05. The summed E-state index contributed by atoms with van der Waals surface area (Å²) >= 11 is 0. The molecule has 0 aromatic heterocycles. The highest BCUT2D eigenvalue weighted by Gasteiger charge is 2.41. The van der Waals surface area contributed by atoms with Crippen molar-refractivity contribution in [2.75, 3.05) is 15.2 Å². The van der Waals surface area contributed by atoms with E-state index in [0.717, 1.165) is 5.56 Å². The van der Waals surface area contributed by atoms with Crippen LogP contribution in [0.5, 0.6) is 0 Å². The van der Waals surface area contributed by atoms with E-state index in [1.54, 1.807) is 12.1 Å². The molecule has 2 aromatic rings. The number of fused-ring (bicyclic) bond motifs is 1. The number of hydrogen-bond acceptors (Lipinski definition) is 3. The highest BCUT2D eigenvalue weighted by atomic mass is 32.2. The standard InChI is InChI=1S/C17H21N3O2S/c1-13-8-9-16-17(12-13)20(15-6-4-3-5-7-15)23(21,22)19(16)11-10-14(2)18/h3-9,12,14H,10-11,18H2,1-2H3. The monoisotopic (exact) mass is 331 g/mol. The number of aryl methyl sites for hydroxylation is 1. The molecule has 1 aliphatic rings. The van der Waals surface area contributed by atoms with E-state index in [0.29, 0.717) is 30.0 Å². The summed E-state index contributed by atoms with van der Waals surface area (Å²) in [5.41, 5.74) is 8.88. The summed E-state index contributed by atoms with van der Waals surface area (Å²) in [5.74, 6) is 0. The van der Waals surface area contributed by atoms with E-state index in [-0.39, 0.29) is 6.04 Å². The van der Waals surface area contributed by atoms with E-state index in [9.17, 15) is 8.42 Å². The lowest BCUT2D eigenvalue weighted by Crippen LogP contribution is -2.37. The Morgan fingerprint density at radius 3 is 2.43 bits per heavy atom. The van der Waals surface area contributed by atoms with Crippen LogP contribution in [0.4, 0.5) is 17.1 Å². The smallest absolute Gasteiger partial charge is 0.328 e. The van der Waals surface area contributed by atoms with Crippen LogP contribution in [0.1, 0.15) is 18.9 Å². The van der Waals surface area contributed by atoms with Crippen molar-refractivity contribution in [1.29, 1.82) is 0 Å². The minimum atomic E-state index is -3.64. The lowest BCUT2D eigenvalue weighted by atomic mass is 10.1. The zero-order valence-corrected chi connectivity index (χ0v) is 14.1. The van der Waals surface area contributed by atoms with Crippen molar-refractivity contribution in [1.82, 2.24) is 0 Å². The summed E-state index contributed by atoms with van der Waals surface area (Å²) in [6.07, 6.45) is 0.606. The van der Waals surface area contributed by atoms with Crippen molar-refractivity contribution < 1.29 is 8.42 Å². The Morgan fingerprint density at radius 1 is 1.09 bits per heavy atom. The van der Waals surface area contributed by atoms with Gasteiger partial charge >= 0.3 is 10.2 Å². The molecule has 0 radical (unpaired) electrons. The van der Waals surface area contributed by atoms with E-state index in [1.807, 2.05) is 50.2 Å². The van der Waals surface area contributed by atoms with Crippen LogP contribution in [-0.4, -0.2) is 21.0 Å². The molecular weight excluding hydrogens is 310 g/mol. The van der Waals surface area contributed by atoms with Crippen LogP contribution < -0.4 is 14.3 Å². The molecule has 3 rings (SSSR count). The van der Waals surface area contributed by atoms with Gasteiger partial charge in [0.25, 0.3) is 0 Å². The maximum Gasteiger partial charge on any atom is 0.330 e. The van der Waals surface area contributed by atoms with Crippen LogP contribution in [-0.2, 0) is 10.2 Å². The SMILES string of the molecule is Cc1ccc2c(c1)N(c1ccccc1)S(=O)(=O)N2CCC(C)N. The minimum absolute atomic E-state index is 0.0510. The van der Waals surface area contributed by atoms with Gasteiger partial charge in [-0.25, -0.2) is 4.31 Å². The molecule has 0 fully saturated rings. The average Bonchev–Trinajstić information content (AvgIpc) is 2.71. The Labute approximate surface area is 137 Å². The predicted molar refractivity (Wildman–Crippen MR) is 94.3 cm³/mol. The summed E-state index contributed by atoms with van der Waals surface area (Å²) < 4.78 is 29.0. The van der Waals surface area contributed by atoms with E-state index < -0.39 is 10.2 Å². The first-order valence-electron chi connectivity index (χ1n) is 7.65. The van der Waals surface area contributed by atoms with E-state index in [4.69, 9.17) is 5.73 Å². The van der Waals surface area contributed by atoms with Crippen molar-refractivity contribution in [2.24, 2.45) is 5.73 Å². The quantitative estimate of drug-likeness (QED) is 0.936. The number of nitrogens with zero attached hydrogens (tertiary/aromatic N) is 2. The largest absolute Gasteiger partial charge is 0.330 e. The number of anilines is 3. The van der Waals surface area contributed by atoms with E-state index in [1.165, 1.54) is 8.61 Å². The molecule has 0 bridgehead atoms. The number of nitrogens with two attached hydrogens (primary N) is 1. The summed E-state index contributed by atoms with van der Waals surface area (Å²) in [6, 6.07) is 14.8. The summed E-state index contributed by atoms with van der Waals surface area (Å²) in [5, 5.41) is 0. The number of rotatable bonds is 4. The highest BCUT2D eigenvalue weighted by molar-refractivity contribution is 7.95. The third-order valence-electron chi connectivity index (χ3n) is 3.91. The zero-order chi connectivity index (χ0) is 16.6. The Morgan fingerprint density at radius 2 is 1.78 bits per heavy atom. The van der Waals surface area contributed by atoms with Gasteiger partial charge in [0, 0.05) is 12.6 Å². The summed E-state index contributed by atoms with van der Waals surface area (Å²) in [7, 11) is -3.64. The van der Waals surface area contributed by atoms with Gasteiger partial charge in [0.15, 0.2) is 0 Å². The van der Waals surface area contributed by atoms with Gasteiger partial charge in [-0.3, -0.25) is 4.31 Å². The second kappa shape index (κ2) is 5.86. The molecule has 6 heteroatoms. The summed E-state index contributed by atoms with van der Waals surface area (Å²) in [4.78, 5) is 0. The number of hydrogen-bond donors (Lipinski definition) is 1. The van der Waals surface area contributed by atoms with Gasteiger partial charge in [0.1, 0.15) is 0 Å². The molecule has 0 amide bonds. The molecule has 23 heavy (non-hydrogen) atoms. The maximum atomic E-state index is 13.1. The third-order valence-corrected chi connectivity index (χ3v) is 5.71. The van der Waals surface area contributed by atoms with Crippen molar-refractivity contribution in [2.45, 2.75) is 26.3 Å². The maximum absolute atomic E-state index is 13.1. The fourth-order valence-electron chi connectivity index (χ4n) is 2.75. The molecule has 0 spiro atoms. The molecule has 0 aliphatic carbocycles. The fraction of sp³-hybridized carbons (Fsp3) is 0.294. The van der Waals surface area contributed by atoms with Crippen LogP contribution >= 0.6 is 0 Å². The van der Waals surface area contributed by atoms with Gasteiger partial charge in [-0.05, 0) is 50.1 Å². The highest BCUT2D eigenvalue weighted by Crippen LogP contribution is 2.45. The molecule has 1 unspecified atom stereocenters. The van der Waals surface area contributed by atoms with Crippen LogP contribution in [0.3, 0.4) is 0 Å². The fourth-order valence-corrected chi connectivity index (χ4v) is 4.47. The van der Waals surface area contributed by atoms with Crippen LogP contribution in [0.25, 0.3) is 0 Å². The molecule has 0 saturated carbocycles. The Balaban J connectivity index is 2.13. The molecule has 122 valence electrons. The molecule has 0 saturated heterocycles. The lowest BCUT2D eigenvalue weighted by molar-refractivity contribution is 0.588. The van der Waals surface area contributed by atoms with Gasteiger partial charge in [-0.2, -0.15) is 8.42 Å². The van der Waals surface area contributed by atoms with Crippen LogP contribution in [0.15, 0.2) is 48.5 Å². The van der Waals surface area contributed by atoms with Crippen molar-refractivity contribution >= 4 is 27.3 Å². The van der Waals surface area contributed by atoms with Crippen molar-refractivity contribution in [3.63, 3.8) is 0 Å². The van der Waals surface area contributed by atoms with Gasteiger partial charge in [0.2, 0.25) is 0 Å². The minimum Gasteiger partial charge on any atom is -0.328 e. The Bertz CT molecular complexity index is 804.